The van der Waals surface area contributed by atoms with E-state index in [0.717, 1.165) is 12.3 Å². The largest absolute Gasteiger partial charge is 0.433 e. The summed E-state index contributed by atoms with van der Waals surface area (Å²) in [4.78, 5) is 21.7. The Morgan fingerprint density at radius 3 is 2.48 bits per heavy atom. The third-order valence-electron chi connectivity index (χ3n) is 4.21. The molecule has 0 aliphatic rings. The molecule has 2 atom stereocenters. The van der Waals surface area contributed by atoms with Crippen LogP contribution in [0.15, 0.2) is 42.9 Å². The Labute approximate surface area is 155 Å². The third kappa shape index (κ3) is 5.50. The highest BCUT2D eigenvalue weighted by atomic mass is 19.4. The maximum absolute atomic E-state index is 12.8. The fraction of sp³-hybridized carbons (Fsp3) is 0.421. The fourth-order valence-electron chi connectivity index (χ4n) is 2.69. The molecule has 0 spiro atoms. The molecule has 8 heteroatoms. The van der Waals surface area contributed by atoms with Crippen molar-refractivity contribution in [3.63, 3.8) is 0 Å². The molecule has 0 saturated heterocycles. The van der Waals surface area contributed by atoms with Crippen LogP contribution in [0, 0.1) is 0 Å². The smallest absolute Gasteiger partial charge is 0.386 e. The minimum Gasteiger partial charge on any atom is -0.386 e. The predicted molar refractivity (Wildman–Crippen MR) is 93.7 cm³/mol. The molecule has 5 nitrogen and oxygen atoms in total. The topological polar surface area (TPSA) is 66.3 Å². The molecule has 2 aromatic rings. The molecule has 1 unspecified atom stereocenters. The van der Waals surface area contributed by atoms with Gasteiger partial charge in [0, 0.05) is 30.7 Å². The van der Waals surface area contributed by atoms with E-state index in [1.807, 2.05) is 6.92 Å². The first-order valence-electron chi connectivity index (χ1n) is 8.64. The zero-order chi connectivity index (χ0) is 20.0. The number of pyridine rings is 2. The van der Waals surface area contributed by atoms with Gasteiger partial charge >= 0.3 is 6.18 Å². The Morgan fingerprint density at radius 1 is 1.22 bits per heavy atom. The van der Waals surface area contributed by atoms with Crippen LogP contribution in [0.2, 0.25) is 0 Å². The lowest BCUT2D eigenvalue weighted by atomic mass is 10.0. The Morgan fingerprint density at radius 2 is 1.96 bits per heavy atom. The molecule has 0 radical (unpaired) electrons. The molecule has 1 N–H and O–H groups in total. The number of hydrogen-bond acceptors (Lipinski definition) is 4. The quantitative estimate of drug-likeness (QED) is 0.796. The Balaban J connectivity index is 2.13. The van der Waals surface area contributed by atoms with Crippen molar-refractivity contribution < 1.29 is 23.1 Å². The van der Waals surface area contributed by atoms with Crippen molar-refractivity contribution in [3.05, 3.63) is 59.7 Å². The van der Waals surface area contributed by atoms with Gasteiger partial charge in [0.25, 0.3) is 0 Å². The molecule has 2 rings (SSSR count). The van der Waals surface area contributed by atoms with Gasteiger partial charge in [-0.15, -0.1) is 0 Å². The lowest BCUT2D eigenvalue weighted by molar-refractivity contribution is -0.141. The number of aromatic nitrogens is 2. The Bertz CT molecular complexity index is 736. The fourth-order valence-corrected chi connectivity index (χ4v) is 2.69. The van der Waals surface area contributed by atoms with Crippen molar-refractivity contribution in [2.75, 3.05) is 13.1 Å². The van der Waals surface area contributed by atoms with Gasteiger partial charge in [-0.25, -0.2) is 0 Å². The van der Waals surface area contributed by atoms with Gasteiger partial charge in [-0.3, -0.25) is 14.8 Å². The summed E-state index contributed by atoms with van der Waals surface area (Å²) in [5.41, 5.74) is -0.0106. The van der Waals surface area contributed by atoms with Crippen LogP contribution >= 0.6 is 0 Å². The molecule has 27 heavy (non-hydrogen) atoms. The Kier molecular flexibility index (Phi) is 6.90. The molecule has 2 aromatic heterocycles. The highest BCUT2D eigenvalue weighted by molar-refractivity contribution is 5.83. The molecule has 0 fully saturated rings. The maximum Gasteiger partial charge on any atom is 0.433 e. The number of nitrogens with zero attached hydrogens (tertiary/aromatic N) is 3. The summed E-state index contributed by atoms with van der Waals surface area (Å²) in [6.07, 6.45) is -0.537. The van der Waals surface area contributed by atoms with E-state index in [0.29, 0.717) is 24.1 Å². The number of rotatable bonds is 7. The summed E-state index contributed by atoms with van der Waals surface area (Å²) in [7, 11) is 0. The number of carbonyl (C=O) groups excluding carboxylic acids is 1. The number of halogens is 3. The minimum atomic E-state index is -4.52. The van der Waals surface area contributed by atoms with Gasteiger partial charge in [-0.2, -0.15) is 13.2 Å². The van der Waals surface area contributed by atoms with E-state index >= 15 is 0 Å². The lowest BCUT2D eigenvalue weighted by Gasteiger charge is -2.28. The summed E-state index contributed by atoms with van der Waals surface area (Å²) in [5.74, 6) is -0.950. The number of aliphatic hydroxyl groups excluding tert-OH is 1. The van der Waals surface area contributed by atoms with Crippen LogP contribution in [-0.4, -0.2) is 39.0 Å². The van der Waals surface area contributed by atoms with Crippen molar-refractivity contribution in [2.45, 2.75) is 38.5 Å². The van der Waals surface area contributed by atoms with Crippen LogP contribution < -0.4 is 0 Å². The Hall–Kier alpha value is -2.48. The van der Waals surface area contributed by atoms with E-state index in [-0.39, 0.29) is 12.5 Å². The van der Waals surface area contributed by atoms with Crippen molar-refractivity contribution in [2.24, 2.45) is 0 Å². The summed E-state index contributed by atoms with van der Waals surface area (Å²) < 4.78 is 37.9. The molecule has 0 saturated carbocycles. The van der Waals surface area contributed by atoms with Gasteiger partial charge in [0.1, 0.15) is 5.69 Å². The second-order valence-corrected chi connectivity index (χ2v) is 6.28. The van der Waals surface area contributed by atoms with Crippen molar-refractivity contribution >= 4 is 5.91 Å². The summed E-state index contributed by atoms with van der Waals surface area (Å²) in [5, 5.41) is 10.4. The van der Waals surface area contributed by atoms with E-state index in [2.05, 4.69) is 9.97 Å². The highest BCUT2D eigenvalue weighted by Crippen LogP contribution is 2.28. The monoisotopic (exact) mass is 381 g/mol. The second-order valence-electron chi connectivity index (χ2n) is 6.28. The zero-order valence-electron chi connectivity index (χ0n) is 15.1. The first-order chi connectivity index (χ1) is 12.7. The average molecular weight is 381 g/mol. The molecular formula is C19H22F3N3O2. The van der Waals surface area contributed by atoms with Crippen LogP contribution in [0.3, 0.4) is 0 Å². The zero-order valence-corrected chi connectivity index (χ0v) is 15.1. The summed E-state index contributed by atoms with van der Waals surface area (Å²) in [6.45, 7) is 4.03. The first-order valence-corrected chi connectivity index (χ1v) is 8.64. The molecule has 2 heterocycles. The summed E-state index contributed by atoms with van der Waals surface area (Å²) >= 11 is 0. The molecule has 0 aliphatic carbocycles. The maximum atomic E-state index is 12.8. The van der Waals surface area contributed by atoms with E-state index < -0.39 is 23.9 Å². The first kappa shape index (κ1) is 20.8. The van der Waals surface area contributed by atoms with Crippen molar-refractivity contribution in [1.82, 2.24) is 14.9 Å². The SMILES string of the molecule is CCCN(C[C@@H](O)c1cccnc1)C(=O)C(C)c1ccc(C(F)(F)F)nc1. The second kappa shape index (κ2) is 8.94. The predicted octanol–water partition coefficient (Wildman–Crippen LogP) is 3.57. The van der Waals surface area contributed by atoms with Crippen molar-refractivity contribution in [1.29, 1.82) is 0 Å². The molecule has 0 aliphatic heterocycles. The molecular weight excluding hydrogens is 359 g/mol. The minimum absolute atomic E-state index is 0.0801. The summed E-state index contributed by atoms with van der Waals surface area (Å²) in [6, 6.07) is 5.55. The average Bonchev–Trinajstić information content (AvgIpc) is 2.66. The van der Waals surface area contributed by atoms with Crippen LogP contribution in [0.1, 0.15) is 49.1 Å². The van der Waals surface area contributed by atoms with Gasteiger partial charge in [0.15, 0.2) is 0 Å². The van der Waals surface area contributed by atoms with E-state index in [4.69, 9.17) is 0 Å². The van der Waals surface area contributed by atoms with Gasteiger partial charge in [-0.05, 0) is 31.0 Å². The van der Waals surface area contributed by atoms with Crippen molar-refractivity contribution in [3.8, 4) is 0 Å². The van der Waals surface area contributed by atoms with E-state index in [1.54, 1.807) is 25.3 Å². The number of aliphatic hydroxyl groups is 1. The van der Waals surface area contributed by atoms with Gasteiger partial charge in [0.2, 0.25) is 5.91 Å². The molecule has 1 amide bonds. The van der Waals surface area contributed by atoms with Crippen LogP contribution in [0.5, 0.6) is 0 Å². The molecule has 0 aromatic carbocycles. The number of hydrogen-bond donors (Lipinski definition) is 1. The lowest BCUT2D eigenvalue weighted by Crippen LogP contribution is -2.38. The van der Waals surface area contributed by atoms with Crippen LogP contribution in [0.25, 0.3) is 0 Å². The van der Waals surface area contributed by atoms with Gasteiger partial charge in [0.05, 0.1) is 18.6 Å². The van der Waals surface area contributed by atoms with Gasteiger partial charge < -0.3 is 10.0 Å². The van der Waals surface area contributed by atoms with Gasteiger partial charge in [-0.1, -0.05) is 19.1 Å². The number of carbonyl (C=O) groups is 1. The molecule has 146 valence electrons. The third-order valence-corrected chi connectivity index (χ3v) is 4.21. The normalized spacial score (nSPS) is 13.9. The van der Waals surface area contributed by atoms with E-state index in [9.17, 15) is 23.1 Å². The number of alkyl halides is 3. The number of amides is 1. The molecule has 0 bridgehead atoms. The van der Waals surface area contributed by atoms with Crippen LogP contribution in [0.4, 0.5) is 13.2 Å². The van der Waals surface area contributed by atoms with Crippen LogP contribution in [-0.2, 0) is 11.0 Å². The standard InChI is InChI=1S/C19H22F3N3O2/c1-3-9-25(12-16(26)15-5-4-8-23-10-15)18(27)13(2)14-6-7-17(24-11-14)19(20,21)22/h4-8,10-11,13,16,26H,3,9,12H2,1-2H3/t13?,16-/m1/s1. The highest BCUT2D eigenvalue weighted by Gasteiger charge is 2.32. The van der Waals surface area contributed by atoms with E-state index in [1.165, 1.54) is 17.2 Å².